The third kappa shape index (κ3) is 6.75. The van der Waals surface area contributed by atoms with E-state index in [9.17, 15) is 14.9 Å². The van der Waals surface area contributed by atoms with Crippen molar-refractivity contribution in [3.8, 4) is 22.9 Å². The van der Waals surface area contributed by atoms with Gasteiger partial charge >= 0.3 is 5.97 Å². The summed E-state index contributed by atoms with van der Waals surface area (Å²) in [6.45, 7) is 6.49. The molecule has 186 valence electrons. The highest BCUT2D eigenvalue weighted by Crippen LogP contribution is 2.41. The molecule has 2 aromatic carbocycles. The summed E-state index contributed by atoms with van der Waals surface area (Å²) in [6, 6.07) is 16.2. The van der Waals surface area contributed by atoms with Gasteiger partial charge in [0.05, 0.1) is 13.2 Å². The first-order valence-corrected chi connectivity index (χ1v) is 12.8. The monoisotopic (exact) mass is 522 g/mol. The van der Waals surface area contributed by atoms with E-state index in [0.717, 1.165) is 29.0 Å². The highest BCUT2D eigenvalue weighted by atomic mass is 35.5. The Morgan fingerprint density at radius 2 is 1.81 bits per heavy atom. The molecule has 6 nitrogen and oxygen atoms in total. The number of aryl methyl sites for hydroxylation is 1. The molecular formula is C28H27ClN2O4S. The van der Waals surface area contributed by atoms with Crippen LogP contribution in [-0.4, -0.2) is 25.1 Å². The Hall–Kier alpha value is -3.60. The number of nitrogens with zero attached hydrogens (tertiary/aromatic N) is 1. The van der Waals surface area contributed by atoms with Gasteiger partial charge in [-0.1, -0.05) is 49.2 Å². The lowest BCUT2D eigenvalue weighted by Crippen LogP contribution is -2.16. The fraction of sp³-hybridized carbons (Fsp3) is 0.250. The number of nitriles is 1. The second-order valence-electron chi connectivity index (χ2n) is 7.86. The zero-order chi connectivity index (χ0) is 26.1. The van der Waals surface area contributed by atoms with Crippen molar-refractivity contribution in [2.45, 2.75) is 33.6 Å². The maximum Gasteiger partial charge on any atom is 0.341 e. The van der Waals surface area contributed by atoms with E-state index in [1.165, 1.54) is 17.4 Å². The Morgan fingerprint density at radius 1 is 1.11 bits per heavy atom. The minimum Gasteiger partial charge on any atom is -0.494 e. The van der Waals surface area contributed by atoms with Crippen LogP contribution in [0.25, 0.3) is 17.2 Å². The van der Waals surface area contributed by atoms with Gasteiger partial charge in [-0.25, -0.2) is 4.79 Å². The van der Waals surface area contributed by atoms with Crippen molar-refractivity contribution in [1.82, 2.24) is 0 Å². The number of carbonyl (C=O) groups is 2. The molecule has 1 amide bonds. The molecule has 1 N–H and O–H groups in total. The number of amides is 1. The zero-order valence-corrected chi connectivity index (χ0v) is 22.0. The van der Waals surface area contributed by atoms with Crippen LogP contribution in [0.1, 0.15) is 47.5 Å². The molecule has 0 spiro atoms. The molecule has 0 unspecified atom stereocenters. The van der Waals surface area contributed by atoms with Crippen LogP contribution in [0, 0.1) is 18.3 Å². The number of benzene rings is 2. The van der Waals surface area contributed by atoms with Crippen LogP contribution in [0.15, 0.2) is 54.1 Å². The van der Waals surface area contributed by atoms with Gasteiger partial charge in [-0.3, -0.25) is 4.79 Å². The van der Waals surface area contributed by atoms with Crippen molar-refractivity contribution < 1.29 is 19.1 Å². The average Bonchev–Trinajstić information content (AvgIpc) is 3.19. The maximum absolute atomic E-state index is 13.0. The van der Waals surface area contributed by atoms with E-state index in [1.807, 2.05) is 25.1 Å². The summed E-state index contributed by atoms with van der Waals surface area (Å²) in [6.07, 6.45) is 3.51. The summed E-state index contributed by atoms with van der Waals surface area (Å²) in [5, 5.41) is 13.3. The summed E-state index contributed by atoms with van der Waals surface area (Å²) < 4.78 is 10.9. The van der Waals surface area contributed by atoms with E-state index >= 15 is 0 Å². The molecule has 0 radical (unpaired) electrons. The van der Waals surface area contributed by atoms with E-state index in [0.29, 0.717) is 27.8 Å². The predicted molar refractivity (Wildman–Crippen MR) is 145 cm³/mol. The molecule has 0 saturated heterocycles. The SMILES string of the molecule is CCCCOc1ccc(C=C(C#N)C(=O)Nc2sc(C)c(-c3ccc(Cl)cc3)c2C(=O)OCC)cc1. The highest BCUT2D eigenvalue weighted by molar-refractivity contribution is 7.17. The average molecular weight is 523 g/mol. The quantitative estimate of drug-likeness (QED) is 0.131. The second kappa shape index (κ2) is 12.9. The van der Waals surface area contributed by atoms with Crippen LogP contribution in [0.2, 0.25) is 5.02 Å². The number of unbranched alkanes of at least 4 members (excludes halogenated alkanes) is 1. The molecule has 1 aromatic heterocycles. The highest BCUT2D eigenvalue weighted by Gasteiger charge is 2.26. The van der Waals surface area contributed by atoms with Crippen molar-refractivity contribution in [1.29, 1.82) is 5.26 Å². The lowest BCUT2D eigenvalue weighted by molar-refractivity contribution is -0.112. The summed E-state index contributed by atoms with van der Waals surface area (Å²) in [7, 11) is 0. The van der Waals surface area contributed by atoms with Gasteiger partial charge < -0.3 is 14.8 Å². The van der Waals surface area contributed by atoms with E-state index in [-0.39, 0.29) is 17.7 Å². The number of thiophene rings is 1. The van der Waals surface area contributed by atoms with Crippen LogP contribution in [0.5, 0.6) is 5.75 Å². The molecule has 0 aliphatic heterocycles. The molecule has 3 aromatic rings. The number of rotatable bonds is 10. The number of carbonyl (C=O) groups excluding carboxylic acids is 2. The van der Waals surface area contributed by atoms with Crippen molar-refractivity contribution in [3.63, 3.8) is 0 Å². The Labute approximate surface area is 220 Å². The topological polar surface area (TPSA) is 88.4 Å². The fourth-order valence-corrected chi connectivity index (χ4v) is 4.66. The van der Waals surface area contributed by atoms with Crippen LogP contribution >= 0.6 is 22.9 Å². The minimum absolute atomic E-state index is 0.0939. The molecule has 0 fully saturated rings. The van der Waals surface area contributed by atoms with Crippen LogP contribution < -0.4 is 10.1 Å². The summed E-state index contributed by atoms with van der Waals surface area (Å²) >= 11 is 7.28. The molecule has 36 heavy (non-hydrogen) atoms. The minimum atomic E-state index is -0.616. The first-order valence-electron chi connectivity index (χ1n) is 11.6. The van der Waals surface area contributed by atoms with Crippen LogP contribution in [0.3, 0.4) is 0 Å². The molecule has 3 rings (SSSR count). The van der Waals surface area contributed by atoms with Gasteiger partial charge in [0.25, 0.3) is 5.91 Å². The summed E-state index contributed by atoms with van der Waals surface area (Å²) in [5.41, 5.74) is 2.27. The Balaban J connectivity index is 1.89. The fourth-order valence-electron chi connectivity index (χ4n) is 3.48. The molecule has 8 heteroatoms. The molecule has 0 aliphatic rings. The Morgan fingerprint density at radius 3 is 2.42 bits per heavy atom. The number of ether oxygens (including phenoxy) is 2. The Bertz CT molecular complexity index is 1290. The van der Waals surface area contributed by atoms with Crippen molar-refractivity contribution in [3.05, 3.63) is 75.1 Å². The lowest BCUT2D eigenvalue weighted by atomic mass is 10.0. The van der Waals surface area contributed by atoms with Gasteiger partial charge in [-0.05, 0) is 61.7 Å². The molecule has 0 aliphatic carbocycles. The first-order chi connectivity index (χ1) is 17.4. The number of anilines is 1. The smallest absolute Gasteiger partial charge is 0.341 e. The summed E-state index contributed by atoms with van der Waals surface area (Å²) in [4.78, 5) is 26.7. The zero-order valence-electron chi connectivity index (χ0n) is 20.4. The van der Waals surface area contributed by atoms with E-state index in [1.54, 1.807) is 43.3 Å². The number of hydrogen-bond acceptors (Lipinski definition) is 6. The number of hydrogen-bond donors (Lipinski definition) is 1. The summed E-state index contributed by atoms with van der Waals surface area (Å²) in [5.74, 6) is -0.440. The van der Waals surface area contributed by atoms with Crippen molar-refractivity contribution in [2.24, 2.45) is 0 Å². The van der Waals surface area contributed by atoms with Crippen molar-refractivity contribution >= 4 is 45.9 Å². The third-order valence-corrected chi connectivity index (χ3v) is 6.52. The van der Waals surface area contributed by atoms with Gasteiger partial charge in [0, 0.05) is 15.5 Å². The first kappa shape index (κ1) is 27.0. The van der Waals surface area contributed by atoms with Gasteiger partial charge in [-0.2, -0.15) is 5.26 Å². The molecule has 0 atom stereocenters. The maximum atomic E-state index is 13.0. The molecule has 0 bridgehead atoms. The predicted octanol–water partition coefficient (Wildman–Crippen LogP) is 7.28. The molecular weight excluding hydrogens is 496 g/mol. The van der Waals surface area contributed by atoms with Gasteiger partial charge in [0.15, 0.2) is 0 Å². The largest absolute Gasteiger partial charge is 0.494 e. The van der Waals surface area contributed by atoms with Gasteiger partial charge in [0.2, 0.25) is 0 Å². The van der Waals surface area contributed by atoms with Crippen LogP contribution in [-0.2, 0) is 9.53 Å². The van der Waals surface area contributed by atoms with Gasteiger partial charge in [0.1, 0.15) is 28.0 Å². The van der Waals surface area contributed by atoms with Gasteiger partial charge in [-0.15, -0.1) is 11.3 Å². The lowest BCUT2D eigenvalue weighted by Gasteiger charge is -2.09. The standard InChI is InChI=1S/C28H27ClN2O4S/c1-4-6-15-35-23-13-7-19(8-14-23)16-21(17-30)26(32)31-27-25(28(33)34-5-2)24(18(3)36-27)20-9-11-22(29)12-10-20/h7-14,16H,4-6,15H2,1-3H3,(H,31,32). The van der Waals surface area contributed by atoms with E-state index in [4.69, 9.17) is 21.1 Å². The van der Waals surface area contributed by atoms with E-state index < -0.39 is 11.9 Å². The third-order valence-electron chi connectivity index (χ3n) is 5.25. The number of esters is 1. The van der Waals surface area contributed by atoms with Crippen molar-refractivity contribution in [2.75, 3.05) is 18.5 Å². The molecule has 1 heterocycles. The van der Waals surface area contributed by atoms with Crippen LogP contribution in [0.4, 0.5) is 5.00 Å². The Kier molecular flexibility index (Phi) is 9.69. The molecule has 0 saturated carbocycles. The number of nitrogens with one attached hydrogen (secondary N) is 1. The number of halogens is 1. The normalized spacial score (nSPS) is 11.0. The second-order valence-corrected chi connectivity index (χ2v) is 9.52. The van der Waals surface area contributed by atoms with E-state index in [2.05, 4.69) is 12.2 Å².